The van der Waals surface area contributed by atoms with Crippen LogP contribution in [0.1, 0.15) is 10.4 Å². The smallest absolute Gasteiger partial charge is 0.338 e. The Morgan fingerprint density at radius 3 is 2.76 bits per heavy atom. The number of esters is 1. The van der Waals surface area contributed by atoms with Crippen LogP contribution in [-0.4, -0.2) is 46.3 Å². The number of aromatic amines is 1. The third-order valence-corrected chi connectivity index (χ3v) is 4.55. The van der Waals surface area contributed by atoms with Crippen LogP contribution >= 0.6 is 12.2 Å². The Hall–Kier alpha value is -3.44. The Balaban J connectivity index is 2.40. The molecule has 3 aromatic rings. The molecule has 0 fully saturated rings. The van der Waals surface area contributed by atoms with Gasteiger partial charge in [-0.25, -0.2) is 9.78 Å². The molecule has 150 valence electrons. The first kappa shape index (κ1) is 20.3. The zero-order chi connectivity index (χ0) is 21.1. The van der Waals surface area contributed by atoms with Crippen molar-refractivity contribution in [3.63, 3.8) is 0 Å². The van der Waals surface area contributed by atoms with Crippen molar-refractivity contribution in [1.82, 2.24) is 14.5 Å². The molecule has 10 nitrogen and oxygen atoms in total. The van der Waals surface area contributed by atoms with Crippen LogP contribution in [-0.2, 0) is 16.0 Å². The van der Waals surface area contributed by atoms with E-state index in [1.54, 1.807) is 6.07 Å². The second-order valence-corrected chi connectivity index (χ2v) is 6.34. The van der Waals surface area contributed by atoms with Gasteiger partial charge in [0.25, 0.3) is 11.2 Å². The van der Waals surface area contributed by atoms with Crippen molar-refractivity contribution >= 4 is 34.9 Å². The summed E-state index contributed by atoms with van der Waals surface area (Å²) in [5.74, 6) is -0.745. The Morgan fingerprint density at radius 1 is 1.34 bits per heavy atom. The van der Waals surface area contributed by atoms with Crippen LogP contribution in [0.25, 0.3) is 22.3 Å². The number of rotatable bonds is 6. The maximum absolute atomic E-state index is 12.6. The van der Waals surface area contributed by atoms with E-state index < -0.39 is 16.5 Å². The SMILES string of the molecule is COCCn1c(=S)[nH]c(=O)c2c(C(=O)OC)cc(-c3cccc([N+](=O)[O-])c3)nc21. The van der Waals surface area contributed by atoms with Crippen LogP contribution in [0.4, 0.5) is 5.69 Å². The second-order valence-electron chi connectivity index (χ2n) is 5.96. The summed E-state index contributed by atoms with van der Waals surface area (Å²) in [6, 6.07) is 7.16. The summed E-state index contributed by atoms with van der Waals surface area (Å²) in [5.41, 5.74) is 0.0634. The number of carbonyl (C=O) groups is 1. The summed E-state index contributed by atoms with van der Waals surface area (Å²) in [4.78, 5) is 42.5. The van der Waals surface area contributed by atoms with Gasteiger partial charge in [0.15, 0.2) is 4.77 Å². The average Bonchev–Trinajstić information content (AvgIpc) is 2.72. The van der Waals surface area contributed by atoms with Crippen molar-refractivity contribution in [3.8, 4) is 11.3 Å². The third kappa shape index (κ3) is 3.91. The van der Waals surface area contributed by atoms with Gasteiger partial charge in [0.2, 0.25) is 0 Å². The highest BCUT2D eigenvalue weighted by Gasteiger charge is 2.20. The topological polar surface area (TPSA) is 129 Å². The van der Waals surface area contributed by atoms with Gasteiger partial charge in [0, 0.05) is 24.8 Å². The zero-order valence-corrected chi connectivity index (χ0v) is 16.3. The molecule has 0 aliphatic carbocycles. The molecule has 2 heterocycles. The minimum atomic E-state index is -0.745. The fraction of sp³-hybridized carbons (Fsp3) is 0.222. The number of fused-ring (bicyclic) bond motifs is 1. The Labute approximate surface area is 168 Å². The lowest BCUT2D eigenvalue weighted by Crippen LogP contribution is -2.20. The van der Waals surface area contributed by atoms with E-state index in [0.29, 0.717) is 5.56 Å². The van der Waals surface area contributed by atoms with Crippen LogP contribution in [0, 0.1) is 14.9 Å². The van der Waals surface area contributed by atoms with Gasteiger partial charge in [-0.3, -0.25) is 19.9 Å². The third-order valence-electron chi connectivity index (χ3n) is 4.23. The van der Waals surface area contributed by atoms with Crippen molar-refractivity contribution in [3.05, 3.63) is 61.1 Å². The summed E-state index contributed by atoms with van der Waals surface area (Å²) >= 11 is 5.24. The number of nitro benzene ring substituents is 1. The van der Waals surface area contributed by atoms with Crippen molar-refractivity contribution in [2.75, 3.05) is 20.8 Å². The number of pyridine rings is 1. The quantitative estimate of drug-likeness (QED) is 0.281. The van der Waals surface area contributed by atoms with Gasteiger partial charge in [-0.05, 0) is 18.3 Å². The van der Waals surface area contributed by atoms with Crippen molar-refractivity contribution in [2.45, 2.75) is 6.54 Å². The maximum atomic E-state index is 12.6. The van der Waals surface area contributed by atoms with E-state index >= 15 is 0 Å². The summed E-state index contributed by atoms with van der Waals surface area (Å²) in [5, 5.41) is 11.1. The maximum Gasteiger partial charge on any atom is 0.338 e. The molecular formula is C18H16N4O6S. The first-order valence-electron chi connectivity index (χ1n) is 8.37. The average molecular weight is 416 g/mol. The fourth-order valence-corrected chi connectivity index (χ4v) is 3.13. The standard InChI is InChI=1S/C18H16N4O6S/c1-27-7-6-21-15-14(16(23)20-18(21)29)12(17(24)28-2)9-13(19-15)10-4-3-5-11(8-10)22(25)26/h3-5,8-9H,6-7H2,1-2H3,(H,20,23,29). The van der Waals surface area contributed by atoms with Gasteiger partial charge in [-0.15, -0.1) is 0 Å². The minimum Gasteiger partial charge on any atom is -0.465 e. The molecule has 0 radical (unpaired) electrons. The molecule has 0 spiro atoms. The molecule has 0 amide bonds. The normalized spacial score (nSPS) is 10.8. The van der Waals surface area contributed by atoms with Crippen LogP contribution in [0.15, 0.2) is 35.1 Å². The molecule has 29 heavy (non-hydrogen) atoms. The van der Waals surface area contributed by atoms with Gasteiger partial charge in [0.1, 0.15) is 5.65 Å². The Morgan fingerprint density at radius 2 is 2.10 bits per heavy atom. The predicted molar refractivity (Wildman–Crippen MR) is 106 cm³/mol. The number of non-ortho nitro benzene ring substituents is 1. The number of hydrogen-bond donors (Lipinski definition) is 1. The second kappa shape index (κ2) is 8.29. The molecule has 1 aromatic carbocycles. The number of ether oxygens (including phenoxy) is 2. The number of nitro groups is 1. The summed E-state index contributed by atoms with van der Waals surface area (Å²) < 4.78 is 11.5. The molecule has 0 saturated heterocycles. The minimum absolute atomic E-state index is 0.00994. The molecule has 0 bridgehead atoms. The van der Waals surface area contributed by atoms with Crippen LogP contribution in [0.3, 0.4) is 0 Å². The van der Waals surface area contributed by atoms with E-state index in [4.69, 9.17) is 21.7 Å². The van der Waals surface area contributed by atoms with Crippen molar-refractivity contribution in [2.24, 2.45) is 0 Å². The zero-order valence-electron chi connectivity index (χ0n) is 15.5. The lowest BCUT2D eigenvalue weighted by atomic mass is 10.1. The summed E-state index contributed by atoms with van der Waals surface area (Å²) in [6.45, 7) is 0.556. The van der Waals surface area contributed by atoms with Gasteiger partial charge >= 0.3 is 5.97 Å². The van der Waals surface area contributed by atoms with Crippen LogP contribution < -0.4 is 5.56 Å². The highest BCUT2D eigenvalue weighted by atomic mass is 32.1. The van der Waals surface area contributed by atoms with E-state index in [1.807, 2.05) is 0 Å². The molecule has 2 aromatic heterocycles. The summed E-state index contributed by atoms with van der Waals surface area (Å²) in [6.07, 6.45) is 0. The number of H-pyrrole nitrogens is 1. The molecule has 0 aliphatic heterocycles. The number of nitrogens with one attached hydrogen (secondary N) is 1. The van der Waals surface area contributed by atoms with Gasteiger partial charge in [-0.1, -0.05) is 12.1 Å². The first-order chi connectivity index (χ1) is 13.9. The molecule has 11 heteroatoms. The van der Waals surface area contributed by atoms with E-state index in [1.165, 1.54) is 43.1 Å². The van der Waals surface area contributed by atoms with Crippen LogP contribution in [0.5, 0.6) is 0 Å². The number of nitrogens with zero attached hydrogens (tertiary/aromatic N) is 3. The Kier molecular flexibility index (Phi) is 5.80. The van der Waals surface area contributed by atoms with E-state index in [-0.39, 0.29) is 45.9 Å². The molecule has 1 N–H and O–H groups in total. The lowest BCUT2D eigenvalue weighted by Gasteiger charge is -2.13. The monoisotopic (exact) mass is 416 g/mol. The molecule has 3 rings (SSSR count). The van der Waals surface area contributed by atoms with Gasteiger partial charge in [0.05, 0.1) is 41.8 Å². The van der Waals surface area contributed by atoms with E-state index in [9.17, 15) is 19.7 Å². The van der Waals surface area contributed by atoms with Gasteiger partial charge < -0.3 is 14.0 Å². The van der Waals surface area contributed by atoms with Gasteiger partial charge in [-0.2, -0.15) is 0 Å². The first-order valence-corrected chi connectivity index (χ1v) is 8.78. The predicted octanol–water partition coefficient (Wildman–Crippen LogP) is 2.46. The molecular weight excluding hydrogens is 400 g/mol. The molecule has 0 aliphatic rings. The molecule has 0 atom stereocenters. The number of benzene rings is 1. The number of methoxy groups -OCH3 is 2. The number of carbonyl (C=O) groups excluding carboxylic acids is 1. The van der Waals surface area contributed by atoms with E-state index in [0.717, 1.165) is 0 Å². The highest BCUT2D eigenvalue weighted by molar-refractivity contribution is 7.71. The number of hydrogen-bond acceptors (Lipinski definition) is 8. The largest absolute Gasteiger partial charge is 0.465 e. The number of aromatic nitrogens is 3. The fourth-order valence-electron chi connectivity index (χ4n) is 2.86. The van der Waals surface area contributed by atoms with Crippen molar-refractivity contribution < 1.29 is 19.2 Å². The summed E-state index contributed by atoms with van der Waals surface area (Å²) in [7, 11) is 2.70. The van der Waals surface area contributed by atoms with E-state index in [2.05, 4.69) is 9.97 Å². The Bertz CT molecular complexity index is 1230. The highest BCUT2D eigenvalue weighted by Crippen LogP contribution is 2.26. The lowest BCUT2D eigenvalue weighted by molar-refractivity contribution is -0.384. The van der Waals surface area contributed by atoms with Crippen molar-refractivity contribution in [1.29, 1.82) is 0 Å². The molecule has 0 saturated carbocycles. The van der Waals surface area contributed by atoms with Crippen LogP contribution in [0.2, 0.25) is 0 Å². The molecule has 0 unspecified atom stereocenters.